The molecular weight excluding hydrogens is 450 g/mol. The number of fused-ring (bicyclic) bond motifs is 1. The van der Waals surface area contributed by atoms with Crippen molar-refractivity contribution < 1.29 is 5.11 Å². The Balaban J connectivity index is 1.45. The van der Waals surface area contributed by atoms with E-state index < -0.39 is 5.60 Å². The van der Waals surface area contributed by atoms with E-state index in [1.165, 1.54) is 0 Å². The molecule has 2 aliphatic carbocycles. The number of rotatable bonds is 6. The highest BCUT2D eigenvalue weighted by atomic mass is 35.5. The van der Waals surface area contributed by atoms with Crippen LogP contribution < -0.4 is 16.4 Å². The van der Waals surface area contributed by atoms with Crippen molar-refractivity contribution in [1.82, 2.24) is 19.5 Å². The molecule has 0 unspecified atom stereocenters. The van der Waals surface area contributed by atoms with Gasteiger partial charge in [0.05, 0.1) is 11.8 Å². The molecule has 0 bridgehead atoms. The van der Waals surface area contributed by atoms with Crippen molar-refractivity contribution >= 4 is 40.3 Å². The van der Waals surface area contributed by atoms with Gasteiger partial charge in [-0.3, -0.25) is 4.57 Å². The third-order valence-corrected chi connectivity index (χ3v) is 7.66. The molecule has 2 aliphatic rings. The summed E-state index contributed by atoms with van der Waals surface area (Å²) < 4.78 is 2.24. The molecule has 0 aliphatic heterocycles. The highest BCUT2D eigenvalue weighted by Gasteiger charge is 2.30. The van der Waals surface area contributed by atoms with Gasteiger partial charge in [-0.15, -0.1) is 0 Å². The number of halogens is 1. The summed E-state index contributed by atoms with van der Waals surface area (Å²) in [5.41, 5.74) is 7.87. The average molecular weight is 484 g/mol. The fraction of sp³-hybridized carbons (Fsp3) is 0.560. The number of hydrogen-bond acceptors (Lipinski definition) is 7. The summed E-state index contributed by atoms with van der Waals surface area (Å²) in [5, 5.41) is 17.9. The monoisotopic (exact) mass is 483 g/mol. The Bertz CT molecular complexity index is 1130. The Labute approximate surface area is 205 Å². The molecule has 9 heteroatoms. The number of nitrogens with two attached hydrogens (primary N) is 1. The van der Waals surface area contributed by atoms with Crippen LogP contribution in [0.3, 0.4) is 0 Å². The molecule has 2 fully saturated rings. The summed E-state index contributed by atoms with van der Waals surface area (Å²) in [7, 11) is 0. The Morgan fingerprint density at radius 1 is 1.15 bits per heavy atom. The van der Waals surface area contributed by atoms with Crippen LogP contribution in [0.25, 0.3) is 11.2 Å². The molecule has 0 spiro atoms. The smallest absolute Gasteiger partial charge is 0.224 e. The quantitative estimate of drug-likeness (QED) is 0.389. The summed E-state index contributed by atoms with van der Waals surface area (Å²) in [4.78, 5) is 14.3. The van der Waals surface area contributed by atoms with Crippen molar-refractivity contribution in [3.8, 4) is 0 Å². The standard InChI is InChI=1S/C25H34ClN7O/c1-25(34)11-9-18(10-12-25)29-23-28-15-21-22(32-23)33(20-7-5-16(14-27)6-8-20)24(31-21)30-19-4-2-3-17(26)13-19/h2-4,13,15-16,18,20,34H,5-12,14,27H2,1H3,(H,30,31)(H,28,29,32)/t16-,18?,20-,25?. The number of aromatic nitrogens is 4. The van der Waals surface area contributed by atoms with Crippen LogP contribution in [-0.4, -0.2) is 42.8 Å². The molecule has 0 saturated heterocycles. The van der Waals surface area contributed by atoms with Crippen molar-refractivity contribution in [2.45, 2.75) is 76.0 Å². The summed E-state index contributed by atoms with van der Waals surface area (Å²) in [5.74, 6) is 1.96. The molecule has 0 radical (unpaired) electrons. The lowest BCUT2D eigenvalue weighted by atomic mass is 9.84. The number of benzene rings is 1. The number of nitrogens with one attached hydrogen (secondary N) is 2. The highest BCUT2D eigenvalue weighted by Crippen LogP contribution is 2.37. The molecule has 0 atom stereocenters. The van der Waals surface area contributed by atoms with Crippen LogP contribution in [0.15, 0.2) is 30.5 Å². The van der Waals surface area contributed by atoms with Gasteiger partial charge in [0.25, 0.3) is 0 Å². The molecule has 1 aromatic carbocycles. The van der Waals surface area contributed by atoms with Crippen LogP contribution >= 0.6 is 11.6 Å². The van der Waals surface area contributed by atoms with Gasteiger partial charge >= 0.3 is 0 Å². The molecule has 2 saturated carbocycles. The highest BCUT2D eigenvalue weighted by molar-refractivity contribution is 6.30. The number of nitrogens with zero attached hydrogens (tertiary/aromatic N) is 4. The molecule has 34 heavy (non-hydrogen) atoms. The van der Waals surface area contributed by atoms with E-state index in [-0.39, 0.29) is 6.04 Å². The van der Waals surface area contributed by atoms with Crippen molar-refractivity contribution in [1.29, 1.82) is 0 Å². The Morgan fingerprint density at radius 2 is 1.91 bits per heavy atom. The molecule has 182 valence electrons. The second-order valence-corrected chi connectivity index (χ2v) is 10.6. The van der Waals surface area contributed by atoms with Crippen molar-refractivity contribution in [2.24, 2.45) is 11.7 Å². The van der Waals surface area contributed by atoms with Crippen LogP contribution in [0, 0.1) is 5.92 Å². The normalized spacial score (nSPS) is 27.6. The molecule has 2 aromatic heterocycles. The van der Waals surface area contributed by atoms with Gasteiger partial charge in [0.1, 0.15) is 5.52 Å². The van der Waals surface area contributed by atoms with E-state index in [1.807, 2.05) is 31.2 Å². The topological polar surface area (TPSA) is 114 Å². The third kappa shape index (κ3) is 5.14. The minimum absolute atomic E-state index is 0.262. The maximum atomic E-state index is 10.3. The zero-order chi connectivity index (χ0) is 23.7. The van der Waals surface area contributed by atoms with E-state index in [9.17, 15) is 5.11 Å². The van der Waals surface area contributed by atoms with E-state index in [0.29, 0.717) is 22.9 Å². The van der Waals surface area contributed by atoms with Crippen LogP contribution in [0.4, 0.5) is 17.6 Å². The first-order chi connectivity index (χ1) is 16.4. The predicted octanol–water partition coefficient (Wildman–Crippen LogP) is 5.02. The third-order valence-electron chi connectivity index (χ3n) is 7.42. The fourth-order valence-corrected chi connectivity index (χ4v) is 5.49. The van der Waals surface area contributed by atoms with Gasteiger partial charge in [-0.25, -0.2) is 9.97 Å². The lowest BCUT2D eigenvalue weighted by Gasteiger charge is -2.33. The van der Waals surface area contributed by atoms with Gasteiger partial charge in [0, 0.05) is 22.8 Å². The Hall–Kier alpha value is -2.42. The fourth-order valence-electron chi connectivity index (χ4n) is 5.30. The van der Waals surface area contributed by atoms with E-state index in [2.05, 4.69) is 20.2 Å². The van der Waals surface area contributed by atoms with Gasteiger partial charge in [-0.2, -0.15) is 4.98 Å². The summed E-state index contributed by atoms with van der Waals surface area (Å²) in [6, 6.07) is 8.22. The van der Waals surface area contributed by atoms with Gasteiger partial charge in [0.2, 0.25) is 11.9 Å². The Kier molecular flexibility index (Phi) is 6.64. The molecule has 8 nitrogen and oxygen atoms in total. The maximum Gasteiger partial charge on any atom is 0.224 e. The van der Waals surface area contributed by atoms with Crippen molar-refractivity contribution in [3.05, 3.63) is 35.5 Å². The number of hydrogen-bond donors (Lipinski definition) is 4. The molecule has 3 aromatic rings. The number of anilines is 3. The first kappa shape index (κ1) is 23.3. The van der Waals surface area contributed by atoms with Crippen LogP contribution in [-0.2, 0) is 0 Å². The molecule has 5 N–H and O–H groups in total. The van der Waals surface area contributed by atoms with E-state index in [1.54, 1.807) is 6.20 Å². The van der Waals surface area contributed by atoms with Gasteiger partial charge < -0.3 is 21.5 Å². The van der Waals surface area contributed by atoms with Crippen LogP contribution in [0.5, 0.6) is 0 Å². The van der Waals surface area contributed by atoms with Crippen LogP contribution in [0.2, 0.25) is 5.02 Å². The maximum absolute atomic E-state index is 10.3. The SMILES string of the molecule is CC1(O)CCC(Nc2ncc3nc(Nc4cccc(Cl)c4)n([C@H]4CC[C@H](CN)CC4)c3n2)CC1. The lowest BCUT2D eigenvalue weighted by molar-refractivity contribution is 0.0196. The average Bonchev–Trinajstić information content (AvgIpc) is 3.17. The van der Waals surface area contributed by atoms with Gasteiger partial charge in [-0.1, -0.05) is 17.7 Å². The summed E-state index contributed by atoms with van der Waals surface area (Å²) in [6.45, 7) is 2.66. The van der Waals surface area contributed by atoms with E-state index in [4.69, 9.17) is 27.3 Å². The summed E-state index contributed by atoms with van der Waals surface area (Å²) >= 11 is 6.22. The second kappa shape index (κ2) is 9.68. The zero-order valence-corrected chi connectivity index (χ0v) is 20.4. The largest absolute Gasteiger partial charge is 0.390 e. The number of imidazole rings is 1. The molecule has 2 heterocycles. The summed E-state index contributed by atoms with van der Waals surface area (Å²) in [6.07, 6.45) is 9.46. The molecular formula is C25H34ClN7O. The molecule has 5 rings (SSSR count). The first-order valence-corrected chi connectivity index (χ1v) is 12.7. The predicted molar refractivity (Wildman–Crippen MR) is 137 cm³/mol. The van der Waals surface area contributed by atoms with E-state index in [0.717, 1.165) is 80.7 Å². The second-order valence-electron chi connectivity index (χ2n) is 10.2. The van der Waals surface area contributed by atoms with Crippen molar-refractivity contribution in [3.63, 3.8) is 0 Å². The zero-order valence-electron chi connectivity index (χ0n) is 19.7. The van der Waals surface area contributed by atoms with E-state index >= 15 is 0 Å². The first-order valence-electron chi connectivity index (χ1n) is 12.4. The number of aliphatic hydroxyl groups is 1. The van der Waals surface area contributed by atoms with Crippen LogP contribution in [0.1, 0.15) is 64.3 Å². The molecule has 0 amide bonds. The lowest BCUT2D eigenvalue weighted by Crippen LogP contribution is -2.36. The van der Waals surface area contributed by atoms with Gasteiger partial charge in [-0.05, 0) is 89.0 Å². The van der Waals surface area contributed by atoms with Gasteiger partial charge in [0.15, 0.2) is 5.65 Å². The Morgan fingerprint density at radius 3 is 2.62 bits per heavy atom. The minimum Gasteiger partial charge on any atom is -0.390 e. The van der Waals surface area contributed by atoms with Crippen molar-refractivity contribution in [2.75, 3.05) is 17.2 Å². The minimum atomic E-state index is -0.565.